The van der Waals surface area contributed by atoms with Crippen LogP contribution >= 0.6 is 11.5 Å². The molecular formula is C14H18N2O2S. The molecule has 0 aliphatic rings. The van der Waals surface area contributed by atoms with E-state index in [1.165, 1.54) is 24.0 Å². The quantitative estimate of drug-likeness (QED) is 0.622. The van der Waals surface area contributed by atoms with Gasteiger partial charge in [-0.1, -0.05) is 18.6 Å². The number of anilines is 1. The number of fused-ring (bicyclic) bond motifs is 1. The van der Waals surface area contributed by atoms with E-state index in [2.05, 4.69) is 20.5 Å². The highest BCUT2D eigenvalue weighted by atomic mass is 32.1. The minimum Gasteiger partial charge on any atom is -0.469 e. The van der Waals surface area contributed by atoms with Crippen LogP contribution in [0.25, 0.3) is 10.9 Å². The lowest BCUT2D eigenvalue weighted by molar-refractivity contribution is -0.140. The number of carbonyl (C=O) groups excluding carboxylic acids is 1. The fraction of sp³-hybridized carbons (Fsp3) is 0.429. The Bertz CT molecular complexity index is 539. The number of benzene rings is 1. The number of carbonyl (C=O) groups is 1. The first-order chi connectivity index (χ1) is 9.31. The van der Waals surface area contributed by atoms with Crippen molar-refractivity contribution in [1.82, 2.24) is 4.37 Å². The SMILES string of the molecule is COC(=O)CCCCCNc1snc2ccccc12. The molecule has 0 aliphatic heterocycles. The Kier molecular flexibility index (Phi) is 5.15. The topological polar surface area (TPSA) is 51.2 Å². The number of ether oxygens (including phenoxy) is 1. The van der Waals surface area contributed by atoms with E-state index in [0.29, 0.717) is 6.42 Å². The largest absolute Gasteiger partial charge is 0.469 e. The summed E-state index contributed by atoms with van der Waals surface area (Å²) in [6.07, 6.45) is 3.47. The van der Waals surface area contributed by atoms with E-state index in [4.69, 9.17) is 0 Å². The Morgan fingerprint density at radius 2 is 2.16 bits per heavy atom. The summed E-state index contributed by atoms with van der Waals surface area (Å²) in [5.41, 5.74) is 1.04. The van der Waals surface area contributed by atoms with Gasteiger partial charge >= 0.3 is 5.97 Å². The van der Waals surface area contributed by atoms with Gasteiger partial charge in [0.25, 0.3) is 0 Å². The van der Waals surface area contributed by atoms with Crippen LogP contribution < -0.4 is 5.32 Å². The summed E-state index contributed by atoms with van der Waals surface area (Å²) in [5, 5.41) is 5.72. The van der Waals surface area contributed by atoms with Crippen LogP contribution in [0.4, 0.5) is 5.00 Å². The molecule has 0 radical (unpaired) electrons. The highest BCUT2D eigenvalue weighted by Gasteiger charge is 2.04. The molecule has 0 unspecified atom stereocenters. The van der Waals surface area contributed by atoms with Crippen LogP contribution in [0.5, 0.6) is 0 Å². The Labute approximate surface area is 116 Å². The van der Waals surface area contributed by atoms with E-state index in [1.54, 1.807) is 0 Å². The van der Waals surface area contributed by atoms with Crippen molar-refractivity contribution in [2.24, 2.45) is 0 Å². The van der Waals surface area contributed by atoms with Crippen molar-refractivity contribution in [2.45, 2.75) is 25.7 Å². The van der Waals surface area contributed by atoms with Crippen molar-refractivity contribution in [1.29, 1.82) is 0 Å². The average Bonchev–Trinajstić information content (AvgIpc) is 2.85. The third kappa shape index (κ3) is 3.92. The zero-order valence-corrected chi connectivity index (χ0v) is 11.8. The van der Waals surface area contributed by atoms with Gasteiger partial charge in [-0.2, -0.15) is 4.37 Å². The predicted molar refractivity (Wildman–Crippen MR) is 78.6 cm³/mol. The van der Waals surface area contributed by atoms with Crippen LogP contribution in [-0.2, 0) is 9.53 Å². The number of rotatable bonds is 7. The molecule has 1 heterocycles. The average molecular weight is 278 g/mol. The lowest BCUT2D eigenvalue weighted by Gasteiger charge is -2.03. The Morgan fingerprint density at radius 3 is 3.00 bits per heavy atom. The van der Waals surface area contributed by atoms with Gasteiger partial charge < -0.3 is 10.1 Å². The first kappa shape index (κ1) is 13.8. The molecule has 0 amide bonds. The van der Waals surface area contributed by atoms with E-state index < -0.39 is 0 Å². The maximum Gasteiger partial charge on any atom is 0.305 e. The van der Waals surface area contributed by atoms with Crippen molar-refractivity contribution in [2.75, 3.05) is 19.0 Å². The molecule has 1 aromatic heterocycles. The summed E-state index contributed by atoms with van der Waals surface area (Å²) in [7, 11) is 1.43. The molecule has 1 N–H and O–H groups in total. The summed E-state index contributed by atoms with van der Waals surface area (Å²) in [6, 6.07) is 8.13. The van der Waals surface area contributed by atoms with Gasteiger partial charge in [0.15, 0.2) is 0 Å². The molecule has 0 saturated heterocycles. The zero-order valence-electron chi connectivity index (χ0n) is 11.0. The summed E-state index contributed by atoms with van der Waals surface area (Å²) in [5.74, 6) is -0.124. The van der Waals surface area contributed by atoms with Crippen molar-refractivity contribution in [3.63, 3.8) is 0 Å². The minimum atomic E-state index is -0.124. The molecule has 0 saturated carbocycles. The van der Waals surface area contributed by atoms with Gasteiger partial charge in [-0.15, -0.1) is 0 Å². The smallest absolute Gasteiger partial charge is 0.305 e. The highest BCUT2D eigenvalue weighted by Crippen LogP contribution is 2.27. The number of nitrogens with one attached hydrogen (secondary N) is 1. The zero-order chi connectivity index (χ0) is 13.5. The fourth-order valence-corrected chi connectivity index (χ4v) is 2.68. The maximum absolute atomic E-state index is 10.9. The van der Waals surface area contributed by atoms with E-state index in [-0.39, 0.29) is 5.97 Å². The molecule has 0 spiro atoms. The first-order valence-electron chi connectivity index (χ1n) is 6.46. The van der Waals surface area contributed by atoms with Crippen molar-refractivity contribution in [3.05, 3.63) is 24.3 Å². The number of methoxy groups -OCH3 is 1. The minimum absolute atomic E-state index is 0.124. The maximum atomic E-state index is 10.9. The molecule has 2 rings (SSSR count). The molecule has 0 aliphatic carbocycles. The van der Waals surface area contributed by atoms with Crippen LogP contribution in [0.2, 0.25) is 0 Å². The van der Waals surface area contributed by atoms with Crippen molar-refractivity contribution < 1.29 is 9.53 Å². The summed E-state index contributed by atoms with van der Waals surface area (Å²) < 4.78 is 8.99. The number of hydrogen-bond donors (Lipinski definition) is 1. The lowest BCUT2D eigenvalue weighted by Crippen LogP contribution is -2.02. The van der Waals surface area contributed by atoms with Crippen LogP contribution in [0.3, 0.4) is 0 Å². The molecule has 0 bridgehead atoms. The van der Waals surface area contributed by atoms with Gasteiger partial charge in [0.05, 0.1) is 12.6 Å². The fourth-order valence-electron chi connectivity index (χ4n) is 1.89. The monoisotopic (exact) mass is 278 g/mol. The summed E-state index contributed by atoms with van der Waals surface area (Å²) in [4.78, 5) is 10.9. The molecule has 0 fully saturated rings. The van der Waals surface area contributed by atoms with Crippen molar-refractivity contribution >= 4 is 33.4 Å². The predicted octanol–water partition coefficient (Wildman–Crippen LogP) is 3.44. The van der Waals surface area contributed by atoms with Gasteiger partial charge in [-0.3, -0.25) is 4.79 Å². The van der Waals surface area contributed by atoms with Gasteiger partial charge in [0.2, 0.25) is 0 Å². The number of esters is 1. The van der Waals surface area contributed by atoms with Crippen LogP contribution in [0.1, 0.15) is 25.7 Å². The van der Waals surface area contributed by atoms with E-state index in [0.717, 1.165) is 36.3 Å². The highest BCUT2D eigenvalue weighted by molar-refractivity contribution is 7.11. The second-order valence-electron chi connectivity index (χ2n) is 4.34. The Hall–Kier alpha value is -1.62. The Balaban J connectivity index is 1.70. The van der Waals surface area contributed by atoms with Gasteiger partial charge in [-0.25, -0.2) is 0 Å². The van der Waals surface area contributed by atoms with Gasteiger partial charge in [0.1, 0.15) is 5.00 Å². The van der Waals surface area contributed by atoms with Crippen molar-refractivity contribution in [3.8, 4) is 0 Å². The molecular weight excluding hydrogens is 260 g/mol. The van der Waals surface area contributed by atoms with Crippen LogP contribution in [0, 0.1) is 0 Å². The number of unbranched alkanes of at least 4 members (excludes halogenated alkanes) is 2. The van der Waals surface area contributed by atoms with Crippen LogP contribution in [0.15, 0.2) is 24.3 Å². The molecule has 4 nitrogen and oxygen atoms in total. The second-order valence-corrected chi connectivity index (χ2v) is 5.12. The standard InChI is InChI=1S/C14H18N2O2S/c1-18-13(17)9-3-2-6-10-15-14-11-7-4-5-8-12(11)16-19-14/h4-5,7-8,15H,2-3,6,9-10H2,1H3. The summed E-state index contributed by atoms with van der Waals surface area (Å²) in [6.45, 7) is 0.910. The molecule has 102 valence electrons. The molecule has 5 heteroatoms. The molecule has 2 aromatic rings. The lowest BCUT2D eigenvalue weighted by atomic mass is 10.2. The van der Waals surface area contributed by atoms with Gasteiger partial charge in [-0.05, 0) is 36.5 Å². The molecule has 0 atom stereocenters. The second kappa shape index (κ2) is 7.09. The van der Waals surface area contributed by atoms with E-state index in [1.807, 2.05) is 18.2 Å². The van der Waals surface area contributed by atoms with E-state index >= 15 is 0 Å². The van der Waals surface area contributed by atoms with E-state index in [9.17, 15) is 4.79 Å². The first-order valence-corrected chi connectivity index (χ1v) is 7.23. The number of hydrogen-bond acceptors (Lipinski definition) is 5. The van der Waals surface area contributed by atoms with Crippen LogP contribution in [-0.4, -0.2) is 24.0 Å². The third-order valence-electron chi connectivity index (χ3n) is 2.95. The molecule has 1 aromatic carbocycles. The molecule has 19 heavy (non-hydrogen) atoms. The number of nitrogens with zero attached hydrogens (tertiary/aromatic N) is 1. The third-order valence-corrected chi connectivity index (χ3v) is 3.79. The Morgan fingerprint density at radius 1 is 1.32 bits per heavy atom. The normalized spacial score (nSPS) is 10.6. The summed E-state index contributed by atoms with van der Waals surface area (Å²) >= 11 is 1.50. The number of aromatic nitrogens is 1. The van der Waals surface area contributed by atoms with Gasteiger partial charge in [0, 0.05) is 18.4 Å².